The summed E-state index contributed by atoms with van der Waals surface area (Å²) in [4.78, 5) is 25.1. The van der Waals surface area contributed by atoms with Crippen LogP contribution in [0.4, 0.5) is 4.39 Å². The Bertz CT molecular complexity index is 499. The first-order valence-corrected chi connectivity index (χ1v) is 6.14. The number of carbonyl (C=O) groups is 2. The zero-order chi connectivity index (χ0) is 13.3. The molecule has 0 aromatic heterocycles. The highest BCUT2D eigenvalue weighted by atomic mass is 19.1. The molecular weight excluding hydrogens is 233 g/mol. The second-order valence-electron chi connectivity index (χ2n) is 4.72. The molecule has 96 valence electrons. The number of amides is 2. The number of hydrogen-bond acceptors (Lipinski definition) is 2. The molecule has 1 atom stereocenters. The number of rotatable bonds is 2. The van der Waals surface area contributed by atoms with Gasteiger partial charge >= 0.3 is 0 Å². The number of likely N-dealkylation sites (tertiary alicyclic amines) is 1. The number of aryl methyl sites for hydroxylation is 1. The lowest BCUT2D eigenvalue weighted by Crippen LogP contribution is -2.33. The van der Waals surface area contributed by atoms with Gasteiger partial charge in [0.25, 0.3) is 5.91 Å². The highest BCUT2D eigenvalue weighted by Crippen LogP contribution is 2.23. The monoisotopic (exact) mass is 249 g/mol. The lowest BCUT2D eigenvalue weighted by molar-refractivity contribution is -0.125. The van der Waals surface area contributed by atoms with Crippen molar-refractivity contribution in [1.82, 2.24) is 4.90 Å². The Kier molecular flexibility index (Phi) is 3.45. The molecule has 1 aliphatic heterocycles. The standard InChI is InChI=1S/C14H16FNO2/c1-3-10-7-12(17)16(8-10)14(18)11-6-4-5-9(2)13(11)15/h4-6,10H,3,7-8H2,1-2H3. The fourth-order valence-electron chi connectivity index (χ4n) is 2.21. The maximum atomic E-state index is 13.9. The zero-order valence-corrected chi connectivity index (χ0v) is 10.6. The van der Waals surface area contributed by atoms with Crippen LogP contribution < -0.4 is 0 Å². The average Bonchev–Trinajstić information content (AvgIpc) is 2.73. The van der Waals surface area contributed by atoms with E-state index in [1.807, 2.05) is 6.92 Å². The second kappa shape index (κ2) is 4.88. The lowest BCUT2D eigenvalue weighted by Gasteiger charge is -2.15. The van der Waals surface area contributed by atoms with Crippen LogP contribution in [0.5, 0.6) is 0 Å². The Morgan fingerprint density at radius 1 is 1.50 bits per heavy atom. The summed E-state index contributed by atoms with van der Waals surface area (Å²) in [6.45, 7) is 3.99. The summed E-state index contributed by atoms with van der Waals surface area (Å²) in [7, 11) is 0. The molecule has 4 heteroatoms. The SMILES string of the molecule is CCC1CC(=O)N(C(=O)c2cccc(C)c2F)C1. The van der Waals surface area contributed by atoms with E-state index in [0.717, 1.165) is 6.42 Å². The molecule has 2 amide bonds. The van der Waals surface area contributed by atoms with E-state index < -0.39 is 11.7 Å². The fourth-order valence-corrected chi connectivity index (χ4v) is 2.21. The van der Waals surface area contributed by atoms with Gasteiger partial charge in [0.15, 0.2) is 0 Å². The molecule has 1 heterocycles. The van der Waals surface area contributed by atoms with Crippen LogP contribution in [0, 0.1) is 18.7 Å². The molecule has 1 aromatic carbocycles. The van der Waals surface area contributed by atoms with Crippen molar-refractivity contribution in [3.63, 3.8) is 0 Å². The first-order valence-electron chi connectivity index (χ1n) is 6.14. The van der Waals surface area contributed by atoms with Crippen molar-refractivity contribution in [2.75, 3.05) is 6.54 Å². The van der Waals surface area contributed by atoms with Gasteiger partial charge in [-0.1, -0.05) is 25.5 Å². The molecule has 3 nitrogen and oxygen atoms in total. The second-order valence-corrected chi connectivity index (χ2v) is 4.72. The molecule has 1 unspecified atom stereocenters. The van der Waals surface area contributed by atoms with Crippen LogP contribution in [-0.4, -0.2) is 23.3 Å². The van der Waals surface area contributed by atoms with E-state index in [1.165, 1.54) is 11.0 Å². The Hall–Kier alpha value is -1.71. The molecule has 0 N–H and O–H groups in total. The number of carbonyl (C=O) groups excluding carboxylic acids is 2. The average molecular weight is 249 g/mol. The van der Waals surface area contributed by atoms with Crippen LogP contribution >= 0.6 is 0 Å². The van der Waals surface area contributed by atoms with Gasteiger partial charge in [-0.25, -0.2) is 4.39 Å². The van der Waals surface area contributed by atoms with E-state index in [1.54, 1.807) is 19.1 Å². The molecule has 1 saturated heterocycles. The Morgan fingerprint density at radius 2 is 2.22 bits per heavy atom. The maximum absolute atomic E-state index is 13.9. The Morgan fingerprint density at radius 3 is 2.83 bits per heavy atom. The van der Waals surface area contributed by atoms with Gasteiger partial charge in [-0.2, -0.15) is 0 Å². The normalized spacial score (nSPS) is 19.4. The molecule has 0 spiro atoms. The van der Waals surface area contributed by atoms with Gasteiger partial charge in [0.05, 0.1) is 5.56 Å². The molecule has 1 aliphatic rings. The highest BCUT2D eigenvalue weighted by Gasteiger charge is 2.34. The van der Waals surface area contributed by atoms with Gasteiger partial charge in [-0.05, 0) is 24.5 Å². The predicted molar refractivity (Wildman–Crippen MR) is 65.6 cm³/mol. The molecule has 1 fully saturated rings. The maximum Gasteiger partial charge on any atom is 0.263 e. The molecule has 2 rings (SSSR count). The number of hydrogen-bond donors (Lipinski definition) is 0. The van der Waals surface area contributed by atoms with Crippen molar-refractivity contribution in [1.29, 1.82) is 0 Å². The summed E-state index contributed by atoms with van der Waals surface area (Å²) in [5, 5.41) is 0. The van der Waals surface area contributed by atoms with Crippen molar-refractivity contribution >= 4 is 11.8 Å². The third-order valence-electron chi connectivity index (χ3n) is 3.45. The minimum atomic E-state index is -0.532. The van der Waals surface area contributed by atoms with Crippen LogP contribution in [0.15, 0.2) is 18.2 Å². The first-order chi connectivity index (χ1) is 8.54. The van der Waals surface area contributed by atoms with Crippen LogP contribution in [-0.2, 0) is 4.79 Å². The number of benzene rings is 1. The van der Waals surface area contributed by atoms with Gasteiger partial charge in [-0.15, -0.1) is 0 Å². The molecule has 0 saturated carbocycles. The third-order valence-corrected chi connectivity index (χ3v) is 3.45. The van der Waals surface area contributed by atoms with Gasteiger partial charge in [0, 0.05) is 13.0 Å². The highest BCUT2D eigenvalue weighted by molar-refractivity contribution is 6.05. The van der Waals surface area contributed by atoms with Crippen molar-refractivity contribution in [3.8, 4) is 0 Å². The van der Waals surface area contributed by atoms with Crippen molar-refractivity contribution < 1.29 is 14.0 Å². The summed E-state index contributed by atoms with van der Waals surface area (Å²) < 4.78 is 13.9. The topological polar surface area (TPSA) is 37.4 Å². The molecule has 1 aromatic rings. The molecule has 0 bridgehead atoms. The number of halogens is 1. The van der Waals surface area contributed by atoms with Crippen molar-refractivity contribution in [2.24, 2.45) is 5.92 Å². The molecule has 18 heavy (non-hydrogen) atoms. The summed E-state index contributed by atoms with van der Waals surface area (Å²) in [5.74, 6) is -1.05. The van der Waals surface area contributed by atoms with E-state index in [2.05, 4.69) is 0 Å². The summed E-state index contributed by atoms with van der Waals surface area (Å²) in [5.41, 5.74) is 0.402. The minimum absolute atomic E-state index is 0.0138. The fraction of sp³-hybridized carbons (Fsp3) is 0.429. The molecular formula is C14H16FNO2. The smallest absolute Gasteiger partial charge is 0.263 e. The first kappa shape index (κ1) is 12.7. The predicted octanol–water partition coefficient (Wildman–Crippen LogP) is 2.53. The Balaban J connectivity index is 2.27. The lowest BCUT2D eigenvalue weighted by atomic mass is 10.1. The van der Waals surface area contributed by atoms with E-state index in [4.69, 9.17) is 0 Å². The van der Waals surface area contributed by atoms with E-state index >= 15 is 0 Å². The largest absolute Gasteiger partial charge is 0.278 e. The van der Waals surface area contributed by atoms with Crippen molar-refractivity contribution in [3.05, 3.63) is 35.1 Å². The van der Waals surface area contributed by atoms with Gasteiger partial charge < -0.3 is 0 Å². The quantitative estimate of drug-likeness (QED) is 0.755. The Labute approximate surface area is 106 Å². The van der Waals surface area contributed by atoms with Crippen LogP contribution in [0.3, 0.4) is 0 Å². The van der Waals surface area contributed by atoms with Crippen LogP contribution in [0.1, 0.15) is 35.7 Å². The summed E-state index contributed by atoms with van der Waals surface area (Å²) in [6.07, 6.45) is 1.24. The molecule has 0 radical (unpaired) electrons. The van der Waals surface area contributed by atoms with Crippen LogP contribution in [0.2, 0.25) is 0 Å². The number of imide groups is 1. The summed E-state index contributed by atoms with van der Waals surface area (Å²) >= 11 is 0. The van der Waals surface area contributed by atoms with E-state index in [9.17, 15) is 14.0 Å². The summed E-state index contributed by atoms with van der Waals surface area (Å²) in [6, 6.07) is 4.66. The molecule has 0 aliphatic carbocycles. The third kappa shape index (κ3) is 2.15. The zero-order valence-electron chi connectivity index (χ0n) is 10.6. The van der Waals surface area contributed by atoms with Crippen molar-refractivity contribution in [2.45, 2.75) is 26.7 Å². The van der Waals surface area contributed by atoms with Gasteiger partial charge in [-0.3, -0.25) is 14.5 Å². The minimum Gasteiger partial charge on any atom is -0.278 e. The van der Waals surface area contributed by atoms with Gasteiger partial charge in [0.1, 0.15) is 5.82 Å². The van der Waals surface area contributed by atoms with E-state index in [0.29, 0.717) is 18.5 Å². The van der Waals surface area contributed by atoms with Crippen LogP contribution in [0.25, 0.3) is 0 Å². The number of nitrogens with zero attached hydrogens (tertiary/aromatic N) is 1. The van der Waals surface area contributed by atoms with E-state index in [-0.39, 0.29) is 17.4 Å². The van der Waals surface area contributed by atoms with Gasteiger partial charge in [0.2, 0.25) is 5.91 Å².